The molecular formula is C15H19N3O4. The average Bonchev–Trinajstić information content (AvgIpc) is 2.53. The van der Waals surface area contributed by atoms with E-state index in [1.807, 2.05) is 0 Å². The molecule has 7 heteroatoms. The number of hydrogen-bond acceptors (Lipinski definition) is 4. The Labute approximate surface area is 128 Å². The molecule has 0 spiro atoms. The van der Waals surface area contributed by atoms with Crippen molar-refractivity contribution in [2.75, 3.05) is 25.0 Å². The molecule has 0 aromatic heterocycles. The molecule has 7 nitrogen and oxygen atoms in total. The number of benzene rings is 1. The van der Waals surface area contributed by atoms with Crippen molar-refractivity contribution in [1.82, 2.24) is 10.6 Å². The highest BCUT2D eigenvalue weighted by Gasteiger charge is 2.17. The molecule has 0 radical (unpaired) electrons. The van der Waals surface area contributed by atoms with Gasteiger partial charge in [0.2, 0.25) is 0 Å². The van der Waals surface area contributed by atoms with Crippen LogP contribution in [0.25, 0.3) is 0 Å². The van der Waals surface area contributed by atoms with E-state index in [0.717, 1.165) is 0 Å². The summed E-state index contributed by atoms with van der Waals surface area (Å²) in [6, 6.07) is 6.36. The summed E-state index contributed by atoms with van der Waals surface area (Å²) in [5.41, 5.74) is 0.493. The minimum atomic E-state index is -0.873. The van der Waals surface area contributed by atoms with Crippen LogP contribution >= 0.6 is 0 Å². The van der Waals surface area contributed by atoms with Crippen LogP contribution in [0.3, 0.4) is 0 Å². The Hall–Kier alpha value is -2.67. The maximum absolute atomic E-state index is 11.9. The van der Waals surface area contributed by atoms with Gasteiger partial charge in [-0.2, -0.15) is 0 Å². The second-order valence-corrected chi connectivity index (χ2v) is 4.33. The number of anilines is 1. The third-order valence-electron chi connectivity index (χ3n) is 2.65. The summed E-state index contributed by atoms with van der Waals surface area (Å²) in [5.74, 6) is -2.08. The zero-order chi connectivity index (χ0) is 16.4. The summed E-state index contributed by atoms with van der Waals surface area (Å²) in [6.07, 6.45) is 1.90. The number of amides is 3. The molecule has 1 aromatic rings. The number of carbonyl (C=O) groups is 3. The molecule has 0 unspecified atom stereocenters. The van der Waals surface area contributed by atoms with Gasteiger partial charge in [0.05, 0.1) is 11.3 Å². The van der Waals surface area contributed by atoms with Crippen molar-refractivity contribution >= 4 is 23.4 Å². The van der Waals surface area contributed by atoms with E-state index in [1.165, 1.54) is 18.2 Å². The van der Waals surface area contributed by atoms with Crippen LogP contribution < -0.4 is 16.0 Å². The molecule has 0 aliphatic carbocycles. The van der Waals surface area contributed by atoms with E-state index in [4.69, 9.17) is 5.11 Å². The average molecular weight is 305 g/mol. The molecule has 0 aliphatic heterocycles. The lowest BCUT2D eigenvalue weighted by atomic mass is 10.1. The van der Waals surface area contributed by atoms with Crippen LogP contribution in [0, 0.1) is 0 Å². The molecule has 0 saturated carbocycles. The van der Waals surface area contributed by atoms with Crippen molar-refractivity contribution < 1.29 is 19.5 Å². The first-order valence-corrected chi connectivity index (χ1v) is 6.78. The second-order valence-electron chi connectivity index (χ2n) is 4.33. The predicted octanol–water partition coefficient (Wildman–Crippen LogP) is 0.0395. The smallest absolute Gasteiger partial charge is 0.313 e. The molecule has 4 N–H and O–H groups in total. The summed E-state index contributed by atoms with van der Waals surface area (Å²) < 4.78 is 0. The minimum Gasteiger partial charge on any atom is -0.396 e. The van der Waals surface area contributed by atoms with Gasteiger partial charge >= 0.3 is 11.8 Å². The SMILES string of the molecule is C=CCNC(=O)c1ccccc1NC(=O)C(=O)NCCCO. The minimum absolute atomic E-state index is 0.0752. The van der Waals surface area contributed by atoms with Crippen molar-refractivity contribution in [3.05, 3.63) is 42.5 Å². The Bertz CT molecular complexity index is 557. The summed E-state index contributed by atoms with van der Waals surface area (Å²) in [5, 5.41) is 16.0. The van der Waals surface area contributed by atoms with Gasteiger partial charge < -0.3 is 21.1 Å². The van der Waals surface area contributed by atoms with Gasteiger partial charge in [-0.1, -0.05) is 18.2 Å². The van der Waals surface area contributed by atoms with Crippen LogP contribution in [-0.2, 0) is 9.59 Å². The fourth-order valence-electron chi connectivity index (χ4n) is 1.59. The highest BCUT2D eigenvalue weighted by atomic mass is 16.3. The molecule has 22 heavy (non-hydrogen) atoms. The fraction of sp³-hybridized carbons (Fsp3) is 0.267. The lowest BCUT2D eigenvalue weighted by molar-refractivity contribution is -0.136. The highest BCUT2D eigenvalue weighted by molar-refractivity contribution is 6.40. The number of carbonyl (C=O) groups excluding carboxylic acids is 3. The lowest BCUT2D eigenvalue weighted by Gasteiger charge is -2.10. The van der Waals surface area contributed by atoms with E-state index in [0.29, 0.717) is 13.0 Å². The summed E-state index contributed by atoms with van der Waals surface area (Å²) in [4.78, 5) is 35.3. The molecule has 0 bridgehead atoms. The van der Waals surface area contributed by atoms with E-state index in [1.54, 1.807) is 12.1 Å². The highest BCUT2D eigenvalue weighted by Crippen LogP contribution is 2.14. The van der Waals surface area contributed by atoms with E-state index in [-0.39, 0.29) is 30.3 Å². The van der Waals surface area contributed by atoms with Crippen LogP contribution in [-0.4, -0.2) is 42.5 Å². The standard InChI is InChI=1S/C15H19N3O4/c1-2-8-16-13(20)11-6-3-4-7-12(11)18-15(22)14(21)17-9-5-10-19/h2-4,6-7,19H,1,5,8-10H2,(H,16,20)(H,17,21)(H,18,22). The maximum Gasteiger partial charge on any atom is 0.313 e. The zero-order valence-electron chi connectivity index (χ0n) is 12.1. The van der Waals surface area contributed by atoms with Gasteiger partial charge in [0.15, 0.2) is 0 Å². The van der Waals surface area contributed by atoms with Gasteiger partial charge in [-0.15, -0.1) is 6.58 Å². The predicted molar refractivity (Wildman–Crippen MR) is 82.3 cm³/mol. The third kappa shape index (κ3) is 5.37. The van der Waals surface area contributed by atoms with Gasteiger partial charge in [-0.05, 0) is 18.6 Å². The molecule has 0 heterocycles. The number of rotatable bonds is 7. The first-order valence-electron chi connectivity index (χ1n) is 6.78. The molecule has 0 saturated heterocycles. The Morgan fingerprint density at radius 2 is 1.86 bits per heavy atom. The Morgan fingerprint density at radius 3 is 2.55 bits per heavy atom. The molecule has 0 fully saturated rings. The van der Waals surface area contributed by atoms with Gasteiger partial charge in [0.25, 0.3) is 5.91 Å². The van der Waals surface area contributed by atoms with Gasteiger partial charge in [0.1, 0.15) is 0 Å². The lowest BCUT2D eigenvalue weighted by Crippen LogP contribution is -2.36. The molecule has 3 amide bonds. The van der Waals surface area contributed by atoms with E-state index < -0.39 is 11.8 Å². The number of nitrogens with one attached hydrogen (secondary N) is 3. The molecular weight excluding hydrogens is 286 g/mol. The number of para-hydroxylation sites is 1. The summed E-state index contributed by atoms with van der Waals surface area (Å²) in [6.45, 7) is 3.92. The van der Waals surface area contributed by atoms with E-state index >= 15 is 0 Å². The number of aliphatic hydroxyl groups excluding tert-OH is 1. The Kier molecular flexibility index (Phi) is 7.35. The quantitative estimate of drug-likeness (QED) is 0.324. The van der Waals surface area contributed by atoms with Crippen molar-refractivity contribution in [2.24, 2.45) is 0 Å². The largest absolute Gasteiger partial charge is 0.396 e. The maximum atomic E-state index is 11.9. The van der Waals surface area contributed by atoms with Crippen molar-refractivity contribution in [3.8, 4) is 0 Å². The van der Waals surface area contributed by atoms with Crippen molar-refractivity contribution in [2.45, 2.75) is 6.42 Å². The zero-order valence-corrected chi connectivity index (χ0v) is 12.1. The summed E-state index contributed by atoms with van der Waals surface area (Å²) in [7, 11) is 0. The molecule has 118 valence electrons. The van der Waals surface area contributed by atoms with Crippen LogP contribution in [0.5, 0.6) is 0 Å². The van der Waals surface area contributed by atoms with Crippen LogP contribution in [0.15, 0.2) is 36.9 Å². The van der Waals surface area contributed by atoms with E-state index in [9.17, 15) is 14.4 Å². The topological polar surface area (TPSA) is 108 Å². The monoisotopic (exact) mass is 305 g/mol. The number of aliphatic hydroxyl groups is 1. The first kappa shape index (κ1) is 17.4. The van der Waals surface area contributed by atoms with Crippen molar-refractivity contribution in [3.63, 3.8) is 0 Å². The summed E-state index contributed by atoms with van der Waals surface area (Å²) >= 11 is 0. The van der Waals surface area contributed by atoms with Crippen LogP contribution in [0.4, 0.5) is 5.69 Å². The molecule has 1 rings (SSSR count). The third-order valence-corrected chi connectivity index (χ3v) is 2.65. The molecule has 0 atom stereocenters. The van der Waals surface area contributed by atoms with Gasteiger partial charge in [-0.25, -0.2) is 0 Å². The van der Waals surface area contributed by atoms with E-state index in [2.05, 4.69) is 22.5 Å². The molecule has 1 aromatic carbocycles. The Balaban J connectivity index is 2.72. The first-order chi connectivity index (χ1) is 10.6. The Morgan fingerprint density at radius 1 is 1.14 bits per heavy atom. The molecule has 0 aliphatic rings. The normalized spacial score (nSPS) is 9.68. The van der Waals surface area contributed by atoms with Crippen LogP contribution in [0.1, 0.15) is 16.8 Å². The van der Waals surface area contributed by atoms with Crippen LogP contribution in [0.2, 0.25) is 0 Å². The van der Waals surface area contributed by atoms with Gasteiger partial charge in [-0.3, -0.25) is 14.4 Å². The van der Waals surface area contributed by atoms with Gasteiger partial charge in [0, 0.05) is 19.7 Å². The van der Waals surface area contributed by atoms with Crippen molar-refractivity contribution in [1.29, 1.82) is 0 Å². The second kappa shape index (κ2) is 9.30. The number of hydrogen-bond donors (Lipinski definition) is 4. The fourth-order valence-corrected chi connectivity index (χ4v) is 1.59.